The zero-order chi connectivity index (χ0) is 26.9. The standard InChI is InChI=1S/C26H29FN4O4.C2H6/c1-14-10-23(32)31(25(28)29-14)20-8-9-34-21-6-4-15(11-18(20)21)24(33)30-19-13-26(2,3)35-22-7-5-16(27)12-17(19)22;1-2/h4-7,11-12,14,19-20H,8-10,13H2,1-3H3,(H2,28,29)(H,30,33);1-2H3/t14?,19?,20-;/m1./s1. The molecule has 3 atom stereocenters. The molecule has 2 aromatic carbocycles. The quantitative estimate of drug-likeness (QED) is 0.626. The minimum atomic E-state index is -0.528. The average molecular weight is 511 g/mol. The first-order chi connectivity index (χ1) is 17.6. The SMILES string of the molecule is CC.CC1CC(=O)N([C@@H]2CCOc3ccc(C(=O)NC4CC(C)(C)Oc5ccc(F)cc54)cc32)C(N)=N1. The first-order valence-electron chi connectivity index (χ1n) is 12.8. The molecule has 0 saturated heterocycles. The van der Waals surface area contributed by atoms with E-state index in [0.29, 0.717) is 47.6 Å². The minimum absolute atomic E-state index is 0.0965. The van der Waals surface area contributed by atoms with Gasteiger partial charge < -0.3 is 20.5 Å². The molecule has 3 aliphatic heterocycles. The second-order valence-corrected chi connectivity index (χ2v) is 9.98. The van der Waals surface area contributed by atoms with Gasteiger partial charge in [-0.05, 0) is 57.2 Å². The molecule has 8 nitrogen and oxygen atoms in total. The molecule has 2 amide bonds. The van der Waals surface area contributed by atoms with Crippen LogP contribution in [-0.2, 0) is 4.79 Å². The van der Waals surface area contributed by atoms with Crippen LogP contribution in [0, 0.1) is 5.82 Å². The highest BCUT2D eigenvalue weighted by Crippen LogP contribution is 2.41. The zero-order valence-corrected chi connectivity index (χ0v) is 22.0. The van der Waals surface area contributed by atoms with E-state index in [9.17, 15) is 14.0 Å². The molecule has 0 spiro atoms. The van der Waals surface area contributed by atoms with E-state index in [-0.39, 0.29) is 42.1 Å². The highest BCUT2D eigenvalue weighted by atomic mass is 19.1. The summed E-state index contributed by atoms with van der Waals surface area (Å²) in [6, 6.07) is 8.55. The second kappa shape index (κ2) is 10.4. The number of carbonyl (C=O) groups excluding carboxylic acids is 2. The molecule has 0 radical (unpaired) electrons. The number of carbonyl (C=O) groups is 2. The van der Waals surface area contributed by atoms with E-state index in [1.807, 2.05) is 34.6 Å². The lowest BCUT2D eigenvalue weighted by Gasteiger charge is -2.38. The summed E-state index contributed by atoms with van der Waals surface area (Å²) < 4.78 is 25.8. The van der Waals surface area contributed by atoms with Crippen molar-refractivity contribution in [1.82, 2.24) is 10.2 Å². The van der Waals surface area contributed by atoms with Crippen molar-refractivity contribution >= 4 is 17.8 Å². The summed E-state index contributed by atoms with van der Waals surface area (Å²) in [5, 5.41) is 3.04. The van der Waals surface area contributed by atoms with E-state index in [4.69, 9.17) is 15.2 Å². The summed E-state index contributed by atoms with van der Waals surface area (Å²) in [6.07, 6.45) is 1.30. The van der Waals surface area contributed by atoms with Crippen LogP contribution in [0.15, 0.2) is 41.4 Å². The highest BCUT2D eigenvalue weighted by Gasteiger charge is 2.37. The molecule has 3 N–H and O–H groups in total. The van der Waals surface area contributed by atoms with Gasteiger partial charge in [0.15, 0.2) is 5.96 Å². The van der Waals surface area contributed by atoms with Gasteiger partial charge in [0.05, 0.1) is 24.7 Å². The Morgan fingerprint density at radius 2 is 1.89 bits per heavy atom. The van der Waals surface area contributed by atoms with Crippen molar-refractivity contribution in [2.24, 2.45) is 10.7 Å². The van der Waals surface area contributed by atoms with Crippen molar-refractivity contribution in [3.05, 3.63) is 58.9 Å². The molecule has 0 aromatic heterocycles. The lowest BCUT2D eigenvalue weighted by molar-refractivity contribution is -0.130. The Morgan fingerprint density at radius 1 is 1.16 bits per heavy atom. The summed E-state index contributed by atoms with van der Waals surface area (Å²) in [4.78, 5) is 32.1. The molecular formula is C28H35FN4O4. The normalized spacial score (nSPS) is 23.7. The molecule has 3 aliphatic rings. The molecule has 0 aliphatic carbocycles. The number of hydrogen-bond donors (Lipinski definition) is 2. The van der Waals surface area contributed by atoms with Crippen LogP contribution in [0.1, 0.15) is 87.4 Å². The Kier molecular flexibility index (Phi) is 7.43. The number of hydrogen-bond acceptors (Lipinski definition) is 6. The van der Waals surface area contributed by atoms with Crippen LogP contribution in [-0.4, -0.2) is 40.9 Å². The number of ether oxygens (including phenoxy) is 2. The number of guanidine groups is 1. The van der Waals surface area contributed by atoms with Crippen LogP contribution in [0.2, 0.25) is 0 Å². The van der Waals surface area contributed by atoms with E-state index in [0.717, 1.165) is 0 Å². The molecular weight excluding hydrogens is 475 g/mol. The van der Waals surface area contributed by atoms with E-state index in [1.54, 1.807) is 24.3 Å². The number of amides is 2. The average Bonchev–Trinajstić information content (AvgIpc) is 2.84. The number of fused-ring (bicyclic) bond motifs is 2. The Hall–Kier alpha value is -3.62. The van der Waals surface area contributed by atoms with Gasteiger partial charge in [-0.1, -0.05) is 13.8 Å². The summed E-state index contributed by atoms with van der Waals surface area (Å²) in [6.45, 7) is 10.1. The minimum Gasteiger partial charge on any atom is -0.493 e. The fourth-order valence-electron chi connectivity index (χ4n) is 5.13. The lowest BCUT2D eigenvalue weighted by Crippen LogP contribution is -2.49. The maximum Gasteiger partial charge on any atom is 0.251 e. The first-order valence-corrected chi connectivity index (χ1v) is 12.8. The Balaban J connectivity index is 0.00000156. The monoisotopic (exact) mass is 510 g/mol. The van der Waals surface area contributed by atoms with E-state index < -0.39 is 11.6 Å². The van der Waals surface area contributed by atoms with Crippen molar-refractivity contribution in [2.45, 2.75) is 77.6 Å². The third-order valence-electron chi connectivity index (χ3n) is 6.66. The summed E-state index contributed by atoms with van der Waals surface area (Å²) >= 11 is 0. The van der Waals surface area contributed by atoms with Crippen molar-refractivity contribution < 1.29 is 23.5 Å². The Morgan fingerprint density at radius 3 is 2.62 bits per heavy atom. The number of nitrogens with two attached hydrogens (primary N) is 1. The largest absolute Gasteiger partial charge is 0.493 e. The molecule has 2 aromatic rings. The van der Waals surface area contributed by atoms with E-state index in [1.165, 1.54) is 17.0 Å². The van der Waals surface area contributed by atoms with Gasteiger partial charge in [0.25, 0.3) is 5.91 Å². The number of nitrogens with one attached hydrogen (secondary N) is 1. The topological polar surface area (TPSA) is 106 Å². The van der Waals surface area contributed by atoms with Gasteiger partial charge in [-0.3, -0.25) is 14.5 Å². The van der Waals surface area contributed by atoms with Gasteiger partial charge in [0.2, 0.25) is 5.91 Å². The third kappa shape index (κ3) is 5.40. The van der Waals surface area contributed by atoms with Gasteiger partial charge in [-0.25, -0.2) is 9.38 Å². The predicted octanol–water partition coefficient (Wildman–Crippen LogP) is 4.64. The van der Waals surface area contributed by atoms with Gasteiger partial charge in [0.1, 0.15) is 22.9 Å². The maximum atomic E-state index is 14.0. The molecule has 0 bridgehead atoms. The Bertz CT molecular complexity index is 1230. The Labute approximate surface area is 217 Å². The van der Waals surface area contributed by atoms with E-state index in [2.05, 4.69) is 10.3 Å². The van der Waals surface area contributed by atoms with E-state index >= 15 is 0 Å². The van der Waals surface area contributed by atoms with Gasteiger partial charge in [-0.2, -0.15) is 0 Å². The fraction of sp³-hybridized carbons (Fsp3) is 0.464. The first kappa shape index (κ1) is 26.4. The fourth-order valence-corrected chi connectivity index (χ4v) is 5.13. The number of benzene rings is 2. The van der Waals surface area contributed by atoms with Gasteiger partial charge in [0, 0.05) is 36.0 Å². The summed E-state index contributed by atoms with van der Waals surface area (Å²) in [5.74, 6) is 0.552. The maximum absolute atomic E-state index is 14.0. The van der Waals surface area contributed by atoms with Gasteiger partial charge >= 0.3 is 0 Å². The van der Waals surface area contributed by atoms with Gasteiger partial charge in [-0.15, -0.1) is 0 Å². The molecule has 0 saturated carbocycles. The summed E-state index contributed by atoms with van der Waals surface area (Å²) in [5.41, 5.74) is 7.35. The van der Waals surface area contributed by atoms with Crippen LogP contribution < -0.4 is 20.5 Å². The van der Waals surface area contributed by atoms with Crippen molar-refractivity contribution in [3.63, 3.8) is 0 Å². The summed E-state index contributed by atoms with van der Waals surface area (Å²) in [7, 11) is 0. The number of aliphatic imine (C=N–C) groups is 1. The van der Waals surface area contributed by atoms with Crippen LogP contribution in [0.25, 0.3) is 0 Å². The molecule has 3 heterocycles. The number of rotatable bonds is 3. The van der Waals surface area contributed by atoms with Crippen molar-refractivity contribution in [3.8, 4) is 11.5 Å². The van der Waals surface area contributed by atoms with Crippen molar-refractivity contribution in [2.75, 3.05) is 6.61 Å². The van der Waals surface area contributed by atoms with Crippen molar-refractivity contribution in [1.29, 1.82) is 0 Å². The molecule has 198 valence electrons. The number of nitrogens with zero attached hydrogens (tertiary/aromatic N) is 2. The van der Waals surface area contributed by atoms with Crippen LogP contribution in [0.3, 0.4) is 0 Å². The highest BCUT2D eigenvalue weighted by molar-refractivity contribution is 5.99. The number of halogens is 1. The van der Waals surface area contributed by atoms with Crippen LogP contribution in [0.4, 0.5) is 4.39 Å². The van der Waals surface area contributed by atoms with Crippen LogP contribution >= 0.6 is 0 Å². The molecule has 2 unspecified atom stereocenters. The van der Waals surface area contributed by atoms with Crippen LogP contribution in [0.5, 0.6) is 11.5 Å². The second-order valence-electron chi connectivity index (χ2n) is 9.98. The molecule has 0 fully saturated rings. The predicted molar refractivity (Wildman–Crippen MR) is 139 cm³/mol. The molecule has 5 rings (SSSR count). The third-order valence-corrected chi connectivity index (χ3v) is 6.66. The molecule has 9 heteroatoms. The smallest absolute Gasteiger partial charge is 0.251 e. The lowest BCUT2D eigenvalue weighted by atomic mass is 9.89. The molecule has 37 heavy (non-hydrogen) atoms. The zero-order valence-electron chi connectivity index (χ0n) is 22.0.